The van der Waals surface area contributed by atoms with Gasteiger partial charge in [0.05, 0.1) is 0 Å². The zero-order chi connectivity index (χ0) is 15.9. The van der Waals surface area contributed by atoms with E-state index in [-0.39, 0.29) is 24.4 Å². The van der Waals surface area contributed by atoms with Crippen molar-refractivity contribution in [2.45, 2.75) is 25.6 Å². The smallest absolute Gasteiger partial charge is 0.288 e. The molecule has 1 heterocycles. The van der Waals surface area contributed by atoms with Crippen LogP contribution >= 0.6 is 0 Å². The Bertz CT molecular complexity index is 727. The first-order valence-electron chi connectivity index (χ1n) is 6.98. The summed E-state index contributed by atoms with van der Waals surface area (Å²) in [6, 6.07) is 8.44. The Kier molecular flexibility index (Phi) is 3.56. The number of aryl methyl sites for hydroxylation is 1. The van der Waals surface area contributed by atoms with Crippen LogP contribution in [0.1, 0.15) is 23.6 Å². The van der Waals surface area contributed by atoms with Crippen LogP contribution in [-0.4, -0.2) is 23.6 Å². The molecule has 0 aromatic heterocycles. The molecular formula is C16H15F3N2O. The van der Waals surface area contributed by atoms with Gasteiger partial charge in [0.25, 0.3) is 0 Å². The normalized spacial score (nSPS) is 17.7. The largest absolute Gasteiger partial charge is 0.409 e. The topological polar surface area (TPSA) is 32.3 Å². The van der Waals surface area contributed by atoms with Gasteiger partial charge in [-0.3, -0.25) is 10.2 Å². The van der Waals surface area contributed by atoms with E-state index in [1.165, 1.54) is 6.07 Å². The zero-order valence-electron chi connectivity index (χ0n) is 11.9. The summed E-state index contributed by atoms with van der Waals surface area (Å²) in [5.41, 5.74) is 3.44. The summed E-state index contributed by atoms with van der Waals surface area (Å²) < 4.78 is 40.4. The van der Waals surface area contributed by atoms with Crippen LogP contribution in [0.25, 0.3) is 10.8 Å². The molecule has 0 bridgehead atoms. The highest BCUT2D eigenvalue weighted by Gasteiger charge is 2.46. The molecule has 3 nitrogen and oxygen atoms in total. The molecule has 1 N–H and O–H groups in total. The summed E-state index contributed by atoms with van der Waals surface area (Å²) in [4.78, 5) is 11.3. The first kappa shape index (κ1) is 14.8. The minimum atomic E-state index is -4.46. The lowest BCUT2D eigenvalue weighted by Crippen LogP contribution is -2.43. The number of carbonyl (C=O) groups excluding carboxylic acids is 1. The van der Waals surface area contributed by atoms with Crippen LogP contribution in [0.15, 0.2) is 36.4 Å². The molecule has 1 aliphatic heterocycles. The molecule has 116 valence electrons. The summed E-state index contributed by atoms with van der Waals surface area (Å²) in [5, 5.41) is 2.66. The predicted molar refractivity (Wildman–Crippen MR) is 76.9 cm³/mol. The molecule has 0 aliphatic carbocycles. The lowest BCUT2D eigenvalue weighted by Gasteiger charge is -2.29. The van der Waals surface area contributed by atoms with Crippen LogP contribution < -0.4 is 5.43 Å². The fourth-order valence-corrected chi connectivity index (χ4v) is 2.87. The van der Waals surface area contributed by atoms with Crippen molar-refractivity contribution in [3.8, 4) is 0 Å². The van der Waals surface area contributed by atoms with Gasteiger partial charge in [-0.2, -0.15) is 13.2 Å². The first-order chi connectivity index (χ1) is 10.4. The molecule has 1 saturated heterocycles. The summed E-state index contributed by atoms with van der Waals surface area (Å²) in [5.74, 6) is -0.383. The average molecular weight is 308 g/mol. The van der Waals surface area contributed by atoms with E-state index in [9.17, 15) is 18.0 Å². The molecule has 6 heteroatoms. The molecule has 1 amide bonds. The Hall–Kier alpha value is -2.08. The maximum atomic E-state index is 13.5. The Labute approximate surface area is 125 Å². The van der Waals surface area contributed by atoms with Crippen molar-refractivity contribution in [3.05, 3.63) is 47.5 Å². The summed E-state index contributed by atoms with van der Waals surface area (Å²) in [6.45, 7) is 1.97. The van der Waals surface area contributed by atoms with Gasteiger partial charge in [0, 0.05) is 13.0 Å². The maximum Gasteiger partial charge on any atom is 0.409 e. The van der Waals surface area contributed by atoms with Crippen molar-refractivity contribution < 1.29 is 18.0 Å². The maximum absolute atomic E-state index is 13.5. The number of carbonyl (C=O) groups is 1. The number of hydrazine groups is 1. The number of rotatable bonds is 2. The van der Waals surface area contributed by atoms with Gasteiger partial charge in [-0.1, -0.05) is 30.3 Å². The Morgan fingerprint density at radius 1 is 1.23 bits per heavy atom. The molecule has 1 aliphatic rings. The van der Waals surface area contributed by atoms with E-state index in [4.69, 9.17) is 0 Å². The van der Waals surface area contributed by atoms with Crippen LogP contribution in [0.5, 0.6) is 0 Å². The Morgan fingerprint density at radius 2 is 2.00 bits per heavy atom. The number of amides is 1. The van der Waals surface area contributed by atoms with Gasteiger partial charge < -0.3 is 0 Å². The van der Waals surface area contributed by atoms with Crippen LogP contribution in [-0.2, 0) is 4.79 Å². The van der Waals surface area contributed by atoms with Gasteiger partial charge in [0.2, 0.25) is 5.91 Å². The SMILES string of the molecule is Cc1cccc2cc(C(N3CCC(=O)N3)C(F)(F)F)ccc12. The van der Waals surface area contributed by atoms with E-state index in [1.807, 2.05) is 19.1 Å². The number of nitrogens with zero attached hydrogens (tertiary/aromatic N) is 1. The Balaban J connectivity index is 2.06. The molecule has 22 heavy (non-hydrogen) atoms. The molecule has 0 radical (unpaired) electrons. The number of hydrogen-bond acceptors (Lipinski definition) is 2. The highest BCUT2D eigenvalue weighted by atomic mass is 19.4. The van der Waals surface area contributed by atoms with Crippen LogP contribution in [0.3, 0.4) is 0 Å². The summed E-state index contributed by atoms with van der Waals surface area (Å²) in [6.07, 6.45) is -4.38. The number of nitrogens with one attached hydrogen (secondary N) is 1. The predicted octanol–water partition coefficient (Wildman–Crippen LogP) is 3.49. The van der Waals surface area contributed by atoms with E-state index < -0.39 is 12.2 Å². The fourth-order valence-electron chi connectivity index (χ4n) is 2.87. The second kappa shape index (κ2) is 5.28. The van der Waals surface area contributed by atoms with Gasteiger partial charge in [-0.05, 0) is 34.9 Å². The molecular weight excluding hydrogens is 293 g/mol. The molecule has 2 aromatic rings. The number of fused-ring (bicyclic) bond motifs is 1. The van der Waals surface area contributed by atoms with E-state index in [0.717, 1.165) is 21.3 Å². The molecule has 1 atom stereocenters. The van der Waals surface area contributed by atoms with Gasteiger partial charge in [0.15, 0.2) is 0 Å². The van der Waals surface area contributed by atoms with E-state index in [2.05, 4.69) is 5.43 Å². The van der Waals surface area contributed by atoms with Gasteiger partial charge in [0.1, 0.15) is 6.04 Å². The molecule has 1 unspecified atom stereocenters. The fraction of sp³-hybridized carbons (Fsp3) is 0.312. The van der Waals surface area contributed by atoms with Crippen molar-refractivity contribution in [2.75, 3.05) is 6.54 Å². The van der Waals surface area contributed by atoms with Crippen molar-refractivity contribution in [1.82, 2.24) is 10.4 Å². The first-order valence-corrected chi connectivity index (χ1v) is 6.98. The number of halogens is 3. The van der Waals surface area contributed by atoms with Gasteiger partial charge in [-0.15, -0.1) is 0 Å². The number of benzene rings is 2. The summed E-state index contributed by atoms with van der Waals surface area (Å²) >= 11 is 0. The van der Waals surface area contributed by atoms with Crippen molar-refractivity contribution in [1.29, 1.82) is 0 Å². The van der Waals surface area contributed by atoms with E-state index in [1.54, 1.807) is 18.2 Å². The van der Waals surface area contributed by atoms with Crippen LogP contribution in [0, 0.1) is 6.92 Å². The lowest BCUT2D eigenvalue weighted by atomic mass is 9.99. The van der Waals surface area contributed by atoms with Gasteiger partial charge >= 0.3 is 6.18 Å². The standard InChI is InChI=1S/C16H15F3N2O/c1-10-3-2-4-11-9-12(5-6-13(10)11)15(16(17,18)19)21-8-7-14(22)20-21/h2-6,9,15H,7-8H2,1H3,(H,20,22). The molecule has 2 aromatic carbocycles. The van der Waals surface area contributed by atoms with Crippen LogP contribution in [0.2, 0.25) is 0 Å². The minimum Gasteiger partial charge on any atom is -0.288 e. The molecule has 3 rings (SSSR count). The second-order valence-electron chi connectivity index (χ2n) is 5.48. The Morgan fingerprint density at radius 3 is 2.64 bits per heavy atom. The van der Waals surface area contributed by atoms with Crippen molar-refractivity contribution >= 4 is 16.7 Å². The minimum absolute atomic E-state index is 0.0505. The van der Waals surface area contributed by atoms with Crippen LogP contribution in [0.4, 0.5) is 13.2 Å². The average Bonchev–Trinajstić information content (AvgIpc) is 2.83. The molecule has 0 spiro atoms. The third-order valence-electron chi connectivity index (χ3n) is 3.91. The van der Waals surface area contributed by atoms with Gasteiger partial charge in [-0.25, -0.2) is 5.01 Å². The summed E-state index contributed by atoms with van der Waals surface area (Å²) in [7, 11) is 0. The highest BCUT2D eigenvalue weighted by Crippen LogP contribution is 2.39. The lowest BCUT2D eigenvalue weighted by molar-refractivity contribution is -0.191. The molecule has 0 saturated carbocycles. The van der Waals surface area contributed by atoms with Crippen molar-refractivity contribution in [2.24, 2.45) is 0 Å². The number of hydrogen-bond donors (Lipinski definition) is 1. The highest BCUT2D eigenvalue weighted by molar-refractivity contribution is 5.86. The monoisotopic (exact) mass is 308 g/mol. The third-order valence-corrected chi connectivity index (χ3v) is 3.91. The van der Waals surface area contributed by atoms with Crippen molar-refractivity contribution in [3.63, 3.8) is 0 Å². The van der Waals surface area contributed by atoms with E-state index >= 15 is 0 Å². The number of alkyl halides is 3. The van der Waals surface area contributed by atoms with E-state index in [0.29, 0.717) is 0 Å². The molecule has 1 fully saturated rings. The third kappa shape index (κ3) is 2.66. The second-order valence-corrected chi connectivity index (χ2v) is 5.48. The zero-order valence-corrected chi connectivity index (χ0v) is 11.9. The quantitative estimate of drug-likeness (QED) is 0.921.